The first-order valence-corrected chi connectivity index (χ1v) is 5.38. The predicted octanol–water partition coefficient (Wildman–Crippen LogP) is 2.13. The minimum Gasteiger partial charge on any atom is -0.496 e. The van der Waals surface area contributed by atoms with E-state index >= 15 is 0 Å². The molecule has 94 valence electrons. The number of aliphatic carboxylic acids is 1. The van der Waals surface area contributed by atoms with Gasteiger partial charge in [0.2, 0.25) is 0 Å². The zero-order chi connectivity index (χ0) is 13.0. The molecular formula is C13H18O4. The number of benzene rings is 1. The minimum atomic E-state index is -0.905. The molecule has 0 radical (unpaired) electrons. The van der Waals surface area contributed by atoms with Crippen molar-refractivity contribution in [2.75, 3.05) is 20.8 Å². The summed E-state index contributed by atoms with van der Waals surface area (Å²) in [6, 6.07) is 3.79. The first-order chi connectivity index (χ1) is 8.01. The van der Waals surface area contributed by atoms with Crippen LogP contribution in [0, 0.1) is 13.8 Å². The fraction of sp³-hybridized carbons (Fsp3) is 0.462. The van der Waals surface area contributed by atoms with Gasteiger partial charge in [0.1, 0.15) is 11.7 Å². The fourth-order valence-electron chi connectivity index (χ4n) is 2.00. The number of ether oxygens (including phenoxy) is 2. The van der Waals surface area contributed by atoms with E-state index in [-0.39, 0.29) is 6.61 Å². The lowest BCUT2D eigenvalue weighted by Crippen LogP contribution is -2.19. The Morgan fingerprint density at radius 1 is 1.35 bits per heavy atom. The lowest BCUT2D eigenvalue weighted by molar-refractivity contribution is -0.140. The van der Waals surface area contributed by atoms with Crippen LogP contribution in [0.25, 0.3) is 0 Å². The van der Waals surface area contributed by atoms with Gasteiger partial charge in [-0.1, -0.05) is 6.07 Å². The number of hydrogen-bond acceptors (Lipinski definition) is 3. The Balaban J connectivity index is 3.30. The lowest BCUT2D eigenvalue weighted by Gasteiger charge is -2.18. The van der Waals surface area contributed by atoms with Gasteiger partial charge in [-0.05, 0) is 31.0 Å². The number of rotatable bonds is 5. The number of carboxylic acid groups (broad SMARTS) is 1. The summed E-state index contributed by atoms with van der Waals surface area (Å²) in [5, 5.41) is 9.24. The molecule has 0 amide bonds. The molecule has 0 bridgehead atoms. The molecule has 1 atom stereocenters. The molecule has 0 aliphatic rings. The van der Waals surface area contributed by atoms with E-state index in [4.69, 9.17) is 9.47 Å². The summed E-state index contributed by atoms with van der Waals surface area (Å²) in [6.07, 6.45) is 0. The molecule has 0 saturated carbocycles. The van der Waals surface area contributed by atoms with E-state index in [0.717, 1.165) is 11.1 Å². The van der Waals surface area contributed by atoms with E-state index in [9.17, 15) is 9.90 Å². The van der Waals surface area contributed by atoms with Crippen LogP contribution in [-0.4, -0.2) is 31.9 Å². The van der Waals surface area contributed by atoms with E-state index in [1.807, 2.05) is 26.0 Å². The second kappa shape index (κ2) is 5.68. The van der Waals surface area contributed by atoms with Crippen LogP contribution in [0.4, 0.5) is 0 Å². The molecule has 1 rings (SSSR count). The SMILES string of the molecule is COCC(C(=O)O)c1c(C)cc(C)cc1OC. The normalized spacial score (nSPS) is 12.2. The highest BCUT2D eigenvalue weighted by atomic mass is 16.5. The van der Waals surface area contributed by atoms with Crippen molar-refractivity contribution in [3.63, 3.8) is 0 Å². The Morgan fingerprint density at radius 3 is 2.47 bits per heavy atom. The van der Waals surface area contributed by atoms with Crippen molar-refractivity contribution in [2.24, 2.45) is 0 Å². The van der Waals surface area contributed by atoms with Crippen LogP contribution < -0.4 is 4.74 Å². The van der Waals surface area contributed by atoms with E-state index < -0.39 is 11.9 Å². The average Bonchev–Trinajstić information content (AvgIpc) is 2.25. The molecule has 0 saturated heterocycles. The van der Waals surface area contributed by atoms with Gasteiger partial charge < -0.3 is 14.6 Å². The van der Waals surface area contributed by atoms with Gasteiger partial charge in [-0.15, -0.1) is 0 Å². The van der Waals surface area contributed by atoms with Crippen LogP contribution in [0.2, 0.25) is 0 Å². The highest BCUT2D eigenvalue weighted by molar-refractivity contribution is 5.78. The molecule has 0 aliphatic heterocycles. The Kier molecular flexibility index (Phi) is 4.52. The molecule has 17 heavy (non-hydrogen) atoms. The van der Waals surface area contributed by atoms with Crippen LogP contribution in [0.3, 0.4) is 0 Å². The Morgan fingerprint density at radius 2 is 2.00 bits per heavy atom. The zero-order valence-electron chi connectivity index (χ0n) is 10.6. The van der Waals surface area contributed by atoms with E-state index in [2.05, 4.69) is 0 Å². The zero-order valence-corrected chi connectivity index (χ0v) is 10.6. The maximum atomic E-state index is 11.3. The van der Waals surface area contributed by atoms with Gasteiger partial charge in [-0.3, -0.25) is 4.79 Å². The van der Waals surface area contributed by atoms with Gasteiger partial charge >= 0.3 is 5.97 Å². The molecule has 0 aliphatic carbocycles. The van der Waals surface area contributed by atoms with Crippen molar-refractivity contribution in [3.05, 3.63) is 28.8 Å². The van der Waals surface area contributed by atoms with Crippen molar-refractivity contribution in [1.82, 2.24) is 0 Å². The van der Waals surface area contributed by atoms with Crippen LogP contribution in [-0.2, 0) is 9.53 Å². The number of methoxy groups -OCH3 is 2. The smallest absolute Gasteiger partial charge is 0.313 e. The topological polar surface area (TPSA) is 55.8 Å². The molecular weight excluding hydrogens is 220 g/mol. The summed E-state index contributed by atoms with van der Waals surface area (Å²) in [4.78, 5) is 11.3. The van der Waals surface area contributed by atoms with E-state index in [1.165, 1.54) is 7.11 Å². The molecule has 0 fully saturated rings. The third kappa shape index (κ3) is 2.97. The monoisotopic (exact) mass is 238 g/mol. The van der Waals surface area contributed by atoms with Crippen LogP contribution in [0.1, 0.15) is 22.6 Å². The summed E-state index contributed by atoms with van der Waals surface area (Å²) in [5.41, 5.74) is 2.64. The van der Waals surface area contributed by atoms with Crippen molar-refractivity contribution in [2.45, 2.75) is 19.8 Å². The van der Waals surface area contributed by atoms with Crippen molar-refractivity contribution >= 4 is 5.97 Å². The third-order valence-electron chi connectivity index (χ3n) is 2.69. The maximum Gasteiger partial charge on any atom is 0.313 e. The van der Waals surface area contributed by atoms with E-state index in [1.54, 1.807) is 7.11 Å². The van der Waals surface area contributed by atoms with Gasteiger partial charge in [0.15, 0.2) is 0 Å². The van der Waals surface area contributed by atoms with Crippen molar-refractivity contribution in [3.8, 4) is 5.75 Å². The Hall–Kier alpha value is -1.55. The summed E-state index contributed by atoms with van der Waals surface area (Å²) < 4.78 is 10.2. The molecule has 1 aromatic carbocycles. The standard InChI is InChI=1S/C13H18O4/c1-8-5-9(2)12(11(6-8)17-4)10(7-16-3)13(14)15/h5-6,10H,7H2,1-4H3,(H,14,15). The summed E-state index contributed by atoms with van der Waals surface area (Å²) in [7, 11) is 3.04. The highest BCUT2D eigenvalue weighted by Crippen LogP contribution is 2.31. The second-order valence-corrected chi connectivity index (χ2v) is 4.04. The molecule has 1 unspecified atom stereocenters. The number of aryl methyl sites for hydroxylation is 2. The average molecular weight is 238 g/mol. The molecule has 0 heterocycles. The van der Waals surface area contributed by atoms with Gasteiger partial charge in [-0.25, -0.2) is 0 Å². The molecule has 1 N–H and O–H groups in total. The van der Waals surface area contributed by atoms with Crippen LogP contribution in [0.15, 0.2) is 12.1 Å². The van der Waals surface area contributed by atoms with Gasteiger partial charge in [0, 0.05) is 12.7 Å². The molecule has 1 aromatic rings. The minimum absolute atomic E-state index is 0.135. The first kappa shape index (κ1) is 13.5. The Labute approximate surface area is 101 Å². The third-order valence-corrected chi connectivity index (χ3v) is 2.69. The second-order valence-electron chi connectivity index (χ2n) is 4.04. The molecule has 4 heteroatoms. The molecule has 0 spiro atoms. The first-order valence-electron chi connectivity index (χ1n) is 5.38. The van der Waals surface area contributed by atoms with Gasteiger partial charge in [0.05, 0.1) is 13.7 Å². The number of carbonyl (C=O) groups is 1. The van der Waals surface area contributed by atoms with E-state index in [0.29, 0.717) is 11.3 Å². The maximum absolute atomic E-state index is 11.3. The summed E-state index contributed by atoms with van der Waals surface area (Å²) in [6.45, 7) is 3.97. The quantitative estimate of drug-likeness (QED) is 0.853. The summed E-state index contributed by atoms with van der Waals surface area (Å²) >= 11 is 0. The Bertz CT molecular complexity index is 412. The van der Waals surface area contributed by atoms with Crippen molar-refractivity contribution < 1.29 is 19.4 Å². The summed E-state index contributed by atoms with van der Waals surface area (Å²) in [5.74, 6) is -1.00. The molecule has 0 aromatic heterocycles. The number of hydrogen-bond donors (Lipinski definition) is 1. The lowest BCUT2D eigenvalue weighted by atomic mass is 9.93. The largest absolute Gasteiger partial charge is 0.496 e. The predicted molar refractivity (Wildman–Crippen MR) is 64.7 cm³/mol. The van der Waals surface area contributed by atoms with Gasteiger partial charge in [0.25, 0.3) is 0 Å². The molecule has 4 nitrogen and oxygen atoms in total. The van der Waals surface area contributed by atoms with Crippen LogP contribution in [0.5, 0.6) is 5.75 Å². The fourth-order valence-corrected chi connectivity index (χ4v) is 2.00. The number of carboxylic acids is 1. The van der Waals surface area contributed by atoms with Crippen LogP contribution >= 0.6 is 0 Å². The highest BCUT2D eigenvalue weighted by Gasteiger charge is 2.25. The van der Waals surface area contributed by atoms with Crippen molar-refractivity contribution in [1.29, 1.82) is 0 Å². The van der Waals surface area contributed by atoms with Gasteiger partial charge in [-0.2, -0.15) is 0 Å².